The van der Waals surface area contributed by atoms with Gasteiger partial charge in [0, 0.05) is 13.5 Å². The topological polar surface area (TPSA) is 46.9 Å². The van der Waals surface area contributed by atoms with E-state index >= 15 is 0 Å². The van der Waals surface area contributed by atoms with Crippen LogP contribution in [0.15, 0.2) is 53.9 Å². The predicted octanol–water partition coefficient (Wildman–Crippen LogP) is 3.40. The molecule has 0 aliphatic carbocycles. The Kier molecular flexibility index (Phi) is 4.88. The predicted molar refractivity (Wildman–Crippen MR) is 93.1 cm³/mol. The summed E-state index contributed by atoms with van der Waals surface area (Å²) in [5.41, 5.74) is 3.14. The molecule has 0 atom stereocenters. The van der Waals surface area contributed by atoms with Gasteiger partial charge in [0.05, 0.1) is 22.8 Å². The standard InChI is InChI=1S/C18H19N3OS/c1-21-16(17-8-5-11-23-17)12-15(20-21)13-19-18(22)10-9-14-6-3-2-4-7-14/h2-8,11-12H,9-10,13H2,1H3,(H,19,22). The van der Waals surface area contributed by atoms with Crippen molar-refractivity contribution in [2.75, 3.05) is 0 Å². The Bertz CT molecular complexity index is 763. The van der Waals surface area contributed by atoms with Gasteiger partial charge < -0.3 is 5.32 Å². The van der Waals surface area contributed by atoms with Crippen LogP contribution in [0.4, 0.5) is 0 Å². The molecule has 1 N–H and O–H groups in total. The van der Waals surface area contributed by atoms with E-state index in [1.54, 1.807) is 11.3 Å². The lowest BCUT2D eigenvalue weighted by Crippen LogP contribution is -2.23. The molecule has 0 aliphatic heterocycles. The second-order valence-corrected chi connectivity index (χ2v) is 6.33. The van der Waals surface area contributed by atoms with Crippen LogP contribution in [-0.2, 0) is 24.8 Å². The van der Waals surface area contributed by atoms with Crippen LogP contribution in [0.1, 0.15) is 17.7 Å². The zero-order chi connectivity index (χ0) is 16.1. The van der Waals surface area contributed by atoms with E-state index in [1.807, 2.05) is 59.6 Å². The minimum Gasteiger partial charge on any atom is -0.350 e. The number of nitrogens with one attached hydrogen (secondary N) is 1. The Labute approximate surface area is 139 Å². The number of rotatable bonds is 6. The van der Waals surface area contributed by atoms with E-state index in [1.165, 1.54) is 10.4 Å². The molecule has 4 nitrogen and oxygen atoms in total. The molecule has 23 heavy (non-hydrogen) atoms. The van der Waals surface area contributed by atoms with Crippen LogP contribution in [-0.4, -0.2) is 15.7 Å². The van der Waals surface area contributed by atoms with Crippen LogP contribution >= 0.6 is 11.3 Å². The number of aryl methyl sites for hydroxylation is 2. The Hall–Kier alpha value is -2.40. The third kappa shape index (κ3) is 4.07. The van der Waals surface area contributed by atoms with Crippen LogP contribution in [0.25, 0.3) is 10.6 Å². The molecule has 0 saturated carbocycles. The lowest BCUT2D eigenvalue weighted by Gasteiger charge is -2.03. The first kappa shape index (κ1) is 15.5. The smallest absolute Gasteiger partial charge is 0.220 e. The molecule has 1 aromatic carbocycles. The fraction of sp³-hybridized carbons (Fsp3) is 0.222. The first-order valence-electron chi connectivity index (χ1n) is 7.60. The van der Waals surface area contributed by atoms with Crippen molar-refractivity contribution >= 4 is 17.2 Å². The van der Waals surface area contributed by atoms with Gasteiger partial charge >= 0.3 is 0 Å². The lowest BCUT2D eigenvalue weighted by atomic mass is 10.1. The molecule has 0 fully saturated rings. The summed E-state index contributed by atoms with van der Waals surface area (Å²) in [7, 11) is 1.93. The van der Waals surface area contributed by atoms with Crippen LogP contribution in [0.5, 0.6) is 0 Å². The highest BCUT2D eigenvalue weighted by molar-refractivity contribution is 7.13. The summed E-state index contributed by atoms with van der Waals surface area (Å²) in [4.78, 5) is 13.1. The molecule has 2 aromatic heterocycles. The maximum absolute atomic E-state index is 12.0. The van der Waals surface area contributed by atoms with Gasteiger partial charge in [0.15, 0.2) is 0 Å². The van der Waals surface area contributed by atoms with E-state index in [0.717, 1.165) is 17.8 Å². The minimum atomic E-state index is 0.0529. The molecule has 1 amide bonds. The van der Waals surface area contributed by atoms with Crippen LogP contribution in [0.2, 0.25) is 0 Å². The maximum atomic E-state index is 12.0. The number of benzene rings is 1. The van der Waals surface area contributed by atoms with Gasteiger partial charge in [-0.2, -0.15) is 5.10 Å². The molecule has 0 unspecified atom stereocenters. The highest BCUT2D eigenvalue weighted by Crippen LogP contribution is 2.24. The van der Waals surface area contributed by atoms with E-state index in [2.05, 4.69) is 16.5 Å². The molecule has 118 valence electrons. The zero-order valence-corrected chi connectivity index (χ0v) is 13.8. The van der Waals surface area contributed by atoms with Crippen LogP contribution < -0.4 is 5.32 Å². The van der Waals surface area contributed by atoms with Crippen molar-refractivity contribution in [1.82, 2.24) is 15.1 Å². The summed E-state index contributed by atoms with van der Waals surface area (Å²) in [5, 5.41) is 9.46. The fourth-order valence-corrected chi connectivity index (χ4v) is 3.22. The second kappa shape index (κ2) is 7.24. The number of aromatic nitrogens is 2. The Morgan fingerprint density at radius 2 is 2.04 bits per heavy atom. The van der Waals surface area contributed by atoms with Gasteiger partial charge in [-0.05, 0) is 29.5 Å². The summed E-state index contributed by atoms with van der Waals surface area (Å²) in [6.45, 7) is 0.465. The largest absolute Gasteiger partial charge is 0.350 e. The van der Waals surface area contributed by atoms with Gasteiger partial charge in [-0.15, -0.1) is 11.3 Å². The average molecular weight is 325 g/mol. The normalized spacial score (nSPS) is 10.7. The molecule has 0 bridgehead atoms. The van der Waals surface area contributed by atoms with Crippen molar-refractivity contribution in [2.24, 2.45) is 7.05 Å². The number of hydrogen-bond donors (Lipinski definition) is 1. The molecule has 0 radical (unpaired) electrons. The summed E-state index contributed by atoms with van der Waals surface area (Å²) >= 11 is 1.69. The highest BCUT2D eigenvalue weighted by atomic mass is 32.1. The summed E-state index contributed by atoms with van der Waals surface area (Å²) in [6.07, 6.45) is 1.25. The van der Waals surface area contributed by atoms with Gasteiger partial charge in [-0.3, -0.25) is 9.48 Å². The molecule has 2 heterocycles. The molecule has 0 aliphatic rings. The lowest BCUT2D eigenvalue weighted by molar-refractivity contribution is -0.121. The molecule has 5 heteroatoms. The van der Waals surface area contributed by atoms with Gasteiger partial charge in [0.25, 0.3) is 0 Å². The van der Waals surface area contributed by atoms with E-state index < -0.39 is 0 Å². The van der Waals surface area contributed by atoms with Crippen LogP contribution in [0, 0.1) is 0 Å². The van der Waals surface area contributed by atoms with Crippen molar-refractivity contribution in [3.8, 4) is 10.6 Å². The second-order valence-electron chi connectivity index (χ2n) is 5.38. The van der Waals surface area contributed by atoms with Gasteiger partial charge in [0.1, 0.15) is 0 Å². The number of thiophene rings is 1. The van der Waals surface area contributed by atoms with E-state index in [-0.39, 0.29) is 5.91 Å². The SMILES string of the molecule is Cn1nc(CNC(=O)CCc2ccccc2)cc1-c1cccs1. The summed E-state index contributed by atoms with van der Waals surface area (Å²) in [5.74, 6) is 0.0529. The zero-order valence-electron chi connectivity index (χ0n) is 13.0. The van der Waals surface area contributed by atoms with E-state index in [0.29, 0.717) is 13.0 Å². The molecule has 0 spiro atoms. The Morgan fingerprint density at radius 3 is 2.78 bits per heavy atom. The highest BCUT2D eigenvalue weighted by Gasteiger charge is 2.09. The number of hydrogen-bond acceptors (Lipinski definition) is 3. The van der Waals surface area contributed by atoms with Crippen molar-refractivity contribution in [2.45, 2.75) is 19.4 Å². The minimum absolute atomic E-state index is 0.0529. The average Bonchev–Trinajstić information content (AvgIpc) is 3.21. The van der Waals surface area contributed by atoms with E-state index in [4.69, 9.17) is 0 Å². The van der Waals surface area contributed by atoms with Crippen molar-refractivity contribution in [3.05, 3.63) is 65.2 Å². The molecular formula is C18H19N3OS. The van der Waals surface area contributed by atoms with Crippen molar-refractivity contribution in [3.63, 3.8) is 0 Å². The summed E-state index contributed by atoms with van der Waals surface area (Å²) < 4.78 is 1.86. The number of carbonyl (C=O) groups is 1. The first-order valence-corrected chi connectivity index (χ1v) is 8.48. The van der Waals surface area contributed by atoms with E-state index in [9.17, 15) is 4.79 Å². The molecule has 3 aromatic rings. The molecule has 0 saturated heterocycles. The number of carbonyl (C=O) groups excluding carboxylic acids is 1. The number of amides is 1. The van der Waals surface area contributed by atoms with Crippen molar-refractivity contribution < 1.29 is 4.79 Å². The first-order chi connectivity index (χ1) is 11.2. The van der Waals surface area contributed by atoms with Gasteiger partial charge in [-0.1, -0.05) is 36.4 Å². The monoisotopic (exact) mass is 325 g/mol. The Morgan fingerprint density at radius 1 is 1.22 bits per heavy atom. The molecule has 3 rings (SSSR count). The van der Waals surface area contributed by atoms with Gasteiger partial charge in [-0.25, -0.2) is 0 Å². The third-order valence-corrected chi connectivity index (χ3v) is 4.55. The fourth-order valence-electron chi connectivity index (χ4n) is 2.45. The maximum Gasteiger partial charge on any atom is 0.220 e. The number of nitrogens with zero attached hydrogens (tertiary/aromatic N) is 2. The Balaban J connectivity index is 1.52. The quantitative estimate of drug-likeness (QED) is 0.755. The molecular weight excluding hydrogens is 306 g/mol. The third-order valence-electron chi connectivity index (χ3n) is 3.65. The van der Waals surface area contributed by atoms with Crippen LogP contribution in [0.3, 0.4) is 0 Å². The van der Waals surface area contributed by atoms with Crippen molar-refractivity contribution in [1.29, 1.82) is 0 Å². The van der Waals surface area contributed by atoms with Gasteiger partial charge in [0.2, 0.25) is 5.91 Å². The summed E-state index contributed by atoms with van der Waals surface area (Å²) in [6, 6.07) is 16.2.